The van der Waals surface area contributed by atoms with Gasteiger partial charge in [-0.25, -0.2) is 0 Å². The van der Waals surface area contributed by atoms with Crippen LogP contribution in [0.2, 0.25) is 10.0 Å². The second kappa shape index (κ2) is 20.9. The van der Waals surface area contributed by atoms with Crippen molar-refractivity contribution in [3.8, 4) is 0 Å². The third kappa shape index (κ3) is 10.6. The smallest absolute Gasteiger partial charge is 0.307 e. The van der Waals surface area contributed by atoms with Crippen molar-refractivity contribution in [1.29, 1.82) is 0 Å². The Labute approximate surface area is 389 Å². The molecule has 3 fully saturated rings. The van der Waals surface area contributed by atoms with Gasteiger partial charge in [-0.1, -0.05) is 85.1 Å². The molecule has 4 N–H and O–H groups in total. The van der Waals surface area contributed by atoms with E-state index in [4.69, 9.17) is 56.2 Å². The first-order valence-corrected chi connectivity index (χ1v) is 23.4. The minimum atomic E-state index is -1.66. The first kappa shape index (κ1) is 48.6. The first-order chi connectivity index (χ1) is 30.0. The van der Waals surface area contributed by atoms with Gasteiger partial charge in [0.2, 0.25) is 5.78 Å². The summed E-state index contributed by atoms with van der Waals surface area (Å²) in [5.41, 5.74) is 2.25. The number of fused-ring (bicyclic) bond motifs is 5. The number of ketones is 2. The number of esters is 1. The Morgan fingerprint density at radius 2 is 1.62 bits per heavy atom. The Kier molecular flexibility index (Phi) is 16.1. The zero-order valence-electron chi connectivity index (χ0n) is 35.6. The molecule has 0 aliphatic heterocycles. The lowest BCUT2D eigenvalue weighted by Gasteiger charge is -2.59. The fourth-order valence-corrected chi connectivity index (χ4v) is 11.6. The van der Waals surface area contributed by atoms with Gasteiger partial charge in [0.1, 0.15) is 5.60 Å². The Hall–Kier alpha value is -3.90. The number of hydrogen-bond donors (Lipinski definition) is 4. The number of aliphatic hydroxyl groups is 2. The molecule has 0 bridgehead atoms. The molecule has 10 nitrogen and oxygen atoms in total. The maximum atomic E-state index is 13.5. The topological polar surface area (TPSA) is 153 Å². The number of alkyl halides is 2. The van der Waals surface area contributed by atoms with Crippen LogP contribution < -0.4 is 10.2 Å². The molecule has 7 atom stereocenters. The van der Waals surface area contributed by atoms with Gasteiger partial charge < -0.3 is 30.3 Å². The molecule has 4 aliphatic rings. The standard InChI is InChI=1S/C35H45Cl2NO6.C14H11Cl2NO2/c1-33-14-12-26(39)20-24(33)8-11-27-28-13-15-35(43,34(28,2)21-29(40)32(27)33)30(41)22-44-31(42)5-3-4-23-6-9-25(10-7-23)38(18-16-36)19-17-37;15-10-5-3-6-11(16)14(10)17-12-7-2-1-4-9(12)8-13(18)19/h6-7,9-10,12,14,20,27-29,32,40,43H,3-5,8,11,13,15-19,21-22H2,1-2H3;1-7,17H,8H2,(H,18,19)/t27-,28-,29-,32+,33-,34-,35-;/m0./s1. The van der Waals surface area contributed by atoms with Gasteiger partial charge in [0.15, 0.2) is 12.4 Å². The lowest BCUT2D eigenvalue weighted by molar-refractivity contribution is -0.181. The highest BCUT2D eigenvalue weighted by Crippen LogP contribution is 2.67. The van der Waals surface area contributed by atoms with Gasteiger partial charge in [0, 0.05) is 59.4 Å². The average Bonchev–Trinajstić information content (AvgIpc) is 3.52. The number of anilines is 3. The van der Waals surface area contributed by atoms with Gasteiger partial charge in [0.25, 0.3) is 0 Å². The number of Topliss-reactive ketones (excluding diaryl/α,β-unsaturated/α-hetero) is 1. The van der Waals surface area contributed by atoms with Crippen molar-refractivity contribution in [2.24, 2.45) is 28.6 Å². The van der Waals surface area contributed by atoms with Crippen LogP contribution in [0.15, 0.2) is 90.5 Å². The molecule has 0 heterocycles. The minimum absolute atomic E-state index is 0.0103. The zero-order chi connectivity index (χ0) is 45.5. The highest BCUT2D eigenvalue weighted by atomic mass is 35.5. The number of rotatable bonds is 16. The van der Waals surface area contributed by atoms with Gasteiger partial charge in [0.05, 0.1) is 28.3 Å². The van der Waals surface area contributed by atoms with Gasteiger partial charge in [-0.15, -0.1) is 23.2 Å². The number of carboxylic acid groups (broad SMARTS) is 1. The molecule has 4 aliphatic carbocycles. The Morgan fingerprint density at radius 1 is 0.937 bits per heavy atom. The van der Waals surface area contributed by atoms with Crippen LogP contribution in [0.5, 0.6) is 0 Å². The average molecular weight is 943 g/mol. The molecule has 0 aromatic heterocycles. The number of aryl methyl sites for hydroxylation is 1. The van der Waals surface area contributed by atoms with E-state index in [0.717, 1.165) is 29.7 Å². The predicted octanol–water partition coefficient (Wildman–Crippen LogP) is 9.78. The van der Waals surface area contributed by atoms with E-state index in [-0.39, 0.29) is 49.2 Å². The molecule has 3 aromatic carbocycles. The molecule has 3 aromatic rings. The maximum Gasteiger partial charge on any atom is 0.307 e. The number of benzene rings is 3. The van der Waals surface area contributed by atoms with E-state index in [0.29, 0.717) is 71.1 Å². The van der Waals surface area contributed by atoms with E-state index < -0.39 is 46.9 Å². The number of halogens is 4. The summed E-state index contributed by atoms with van der Waals surface area (Å²) in [6.07, 6.45) is 8.75. The number of carboxylic acids is 1. The van der Waals surface area contributed by atoms with Crippen LogP contribution in [-0.4, -0.2) is 82.0 Å². The summed E-state index contributed by atoms with van der Waals surface area (Å²) in [4.78, 5) is 51.1. The van der Waals surface area contributed by atoms with Crippen LogP contribution in [0.25, 0.3) is 0 Å². The molecule has 0 saturated heterocycles. The Bertz CT molecular complexity index is 2190. The summed E-state index contributed by atoms with van der Waals surface area (Å²) in [5, 5.41) is 36.4. The molecule has 0 spiro atoms. The molecule has 0 amide bonds. The summed E-state index contributed by atoms with van der Waals surface area (Å²) < 4.78 is 5.39. The largest absolute Gasteiger partial charge is 0.481 e. The van der Waals surface area contributed by atoms with Crippen molar-refractivity contribution in [3.63, 3.8) is 0 Å². The zero-order valence-corrected chi connectivity index (χ0v) is 38.7. The van der Waals surface area contributed by atoms with Gasteiger partial charge in [-0.3, -0.25) is 19.2 Å². The summed E-state index contributed by atoms with van der Waals surface area (Å²) in [7, 11) is 0. The van der Waals surface area contributed by atoms with E-state index >= 15 is 0 Å². The van der Waals surface area contributed by atoms with Crippen LogP contribution >= 0.6 is 46.4 Å². The van der Waals surface area contributed by atoms with Crippen LogP contribution in [0.3, 0.4) is 0 Å². The summed E-state index contributed by atoms with van der Waals surface area (Å²) in [5.74, 6) is -0.724. The molecular formula is C49H56Cl4N2O8. The van der Waals surface area contributed by atoms with Crippen molar-refractivity contribution < 1.29 is 39.2 Å². The monoisotopic (exact) mass is 940 g/mol. The van der Waals surface area contributed by atoms with Crippen LogP contribution in [0, 0.1) is 28.6 Å². The molecule has 14 heteroatoms. The van der Waals surface area contributed by atoms with Crippen molar-refractivity contribution >= 4 is 87.0 Å². The van der Waals surface area contributed by atoms with Gasteiger partial charge >= 0.3 is 11.9 Å². The third-order valence-electron chi connectivity index (χ3n) is 13.9. The predicted molar refractivity (Wildman–Crippen MR) is 249 cm³/mol. The molecular weight excluding hydrogens is 886 g/mol. The molecule has 7 rings (SSSR count). The number of carbonyl (C=O) groups is 4. The quantitative estimate of drug-likeness (QED) is 0.0807. The van der Waals surface area contributed by atoms with Crippen molar-refractivity contribution in [3.05, 3.63) is 112 Å². The first-order valence-electron chi connectivity index (χ1n) is 21.5. The number of ether oxygens (including phenoxy) is 1. The van der Waals surface area contributed by atoms with Crippen molar-refractivity contribution in [2.45, 2.75) is 83.3 Å². The summed E-state index contributed by atoms with van der Waals surface area (Å²) >= 11 is 24.0. The van der Waals surface area contributed by atoms with E-state index in [9.17, 15) is 29.4 Å². The number of aliphatic carboxylic acids is 1. The third-order valence-corrected chi connectivity index (χ3v) is 14.9. The number of allylic oxidation sites excluding steroid dienone is 4. The highest BCUT2D eigenvalue weighted by molar-refractivity contribution is 6.39. The van der Waals surface area contributed by atoms with Crippen molar-refractivity contribution in [1.82, 2.24) is 0 Å². The lowest BCUT2D eigenvalue weighted by Crippen LogP contribution is -2.61. The second-order valence-electron chi connectivity index (χ2n) is 17.5. The molecule has 0 radical (unpaired) electrons. The minimum Gasteiger partial charge on any atom is -0.481 e. The Morgan fingerprint density at radius 3 is 2.29 bits per heavy atom. The Balaban J connectivity index is 0.000000290. The molecule has 0 unspecified atom stereocenters. The van der Waals surface area contributed by atoms with Crippen molar-refractivity contribution in [2.75, 3.05) is 41.7 Å². The number of nitrogens with one attached hydrogen (secondary N) is 1. The highest BCUT2D eigenvalue weighted by Gasteiger charge is 2.68. The van der Waals surface area contributed by atoms with Crippen LogP contribution in [0.4, 0.5) is 17.1 Å². The number of hydrogen-bond acceptors (Lipinski definition) is 9. The van der Waals surface area contributed by atoms with Gasteiger partial charge in [-0.2, -0.15) is 0 Å². The van der Waals surface area contributed by atoms with E-state index in [1.54, 1.807) is 48.6 Å². The summed E-state index contributed by atoms with van der Waals surface area (Å²) in [6.45, 7) is 4.99. The van der Waals surface area contributed by atoms with E-state index in [2.05, 4.69) is 17.1 Å². The number of carbonyl (C=O) groups excluding carboxylic acids is 3. The van der Waals surface area contributed by atoms with Crippen LogP contribution in [0.1, 0.15) is 69.9 Å². The molecule has 63 heavy (non-hydrogen) atoms. The number of nitrogens with zero attached hydrogens (tertiary/aromatic N) is 1. The number of aliphatic hydroxyl groups excluding tert-OH is 1. The SMILES string of the molecule is C[C@]12C=CC(=O)C=C1CC[C@@H]1[C@@H]2[C@@H](O)C[C@@]2(C)[C@H]1CC[C@]2(O)C(=O)COC(=O)CCCc1ccc(N(CCCl)CCCl)cc1.O=C(O)Cc1ccccc1Nc1c(Cl)cccc1Cl. The maximum absolute atomic E-state index is 13.5. The fraction of sp³-hybridized carbons (Fsp3) is 0.469. The summed E-state index contributed by atoms with van der Waals surface area (Å²) in [6, 6.07) is 20.5. The van der Waals surface area contributed by atoms with E-state index in [1.807, 2.05) is 43.3 Å². The van der Waals surface area contributed by atoms with Crippen LogP contribution in [-0.2, 0) is 36.8 Å². The second-order valence-corrected chi connectivity index (χ2v) is 19.1. The number of para-hydroxylation sites is 2. The molecule has 338 valence electrons. The fourth-order valence-electron chi connectivity index (χ4n) is 10.7. The normalized spacial score (nSPS) is 26.9. The lowest BCUT2D eigenvalue weighted by atomic mass is 9.46. The van der Waals surface area contributed by atoms with E-state index in [1.165, 1.54) is 0 Å². The van der Waals surface area contributed by atoms with Gasteiger partial charge in [-0.05, 0) is 110 Å². The molecule has 3 saturated carbocycles.